The molecule has 0 spiro atoms. The van der Waals surface area contributed by atoms with Crippen molar-refractivity contribution in [3.63, 3.8) is 0 Å². The first kappa shape index (κ1) is 12.2. The van der Waals surface area contributed by atoms with Gasteiger partial charge in [-0.15, -0.1) is 0 Å². The van der Waals surface area contributed by atoms with Crippen LogP contribution in [0.1, 0.15) is 16.8 Å². The highest BCUT2D eigenvalue weighted by atomic mass is 19.4. The Bertz CT molecular complexity index is 373. The van der Waals surface area contributed by atoms with Crippen LogP contribution in [-0.2, 0) is 0 Å². The molecule has 86 valence electrons. The van der Waals surface area contributed by atoms with E-state index in [1.165, 1.54) is 12.1 Å². The number of benzene rings is 1. The van der Waals surface area contributed by atoms with Crippen molar-refractivity contribution in [2.24, 2.45) is 5.10 Å². The molecule has 0 aliphatic heterocycles. The Hall–Kier alpha value is -1.85. The van der Waals surface area contributed by atoms with E-state index in [4.69, 9.17) is 0 Å². The number of hydrogen-bond donors (Lipinski definition) is 1. The van der Waals surface area contributed by atoms with Crippen LogP contribution >= 0.6 is 0 Å². The summed E-state index contributed by atoms with van der Waals surface area (Å²) >= 11 is 0. The standard InChI is InChI=1S/C10H9F3N2O/c11-10(12,13)6-7-14-15-9(16)8-4-2-1-3-5-8/h1-5,7H,6H2,(H,15,16)/b14-7+. The molecule has 0 aromatic heterocycles. The van der Waals surface area contributed by atoms with Gasteiger partial charge in [-0.05, 0) is 12.1 Å². The SMILES string of the molecule is O=C(N/N=C/CC(F)(F)F)c1ccccc1. The van der Waals surface area contributed by atoms with Crippen LogP contribution < -0.4 is 5.43 Å². The number of hydrogen-bond acceptors (Lipinski definition) is 2. The molecule has 1 aromatic carbocycles. The third-order valence-electron chi connectivity index (χ3n) is 1.62. The molecule has 1 amide bonds. The summed E-state index contributed by atoms with van der Waals surface area (Å²) in [5, 5.41) is 3.19. The van der Waals surface area contributed by atoms with Crippen molar-refractivity contribution in [3.05, 3.63) is 35.9 Å². The topological polar surface area (TPSA) is 41.5 Å². The van der Waals surface area contributed by atoms with Crippen LogP contribution in [0.2, 0.25) is 0 Å². The summed E-state index contributed by atoms with van der Waals surface area (Å²) in [5.41, 5.74) is 2.34. The molecule has 0 fully saturated rings. The molecule has 6 heteroatoms. The summed E-state index contributed by atoms with van der Waals surface area (Å²) in [6.07, 6.45) is -4.86. The Kier molecular flexibility index (Phi) is 4.04. The lowest BCUT2D eigenvalue weighted by Gasteiger charge is -2.01. The second-order valence-corrected chi connectivity index (χ2v) is 2.94. The summed E-state index contributed by atoms with van der Waals surface area (Å²) < 4.78 is 35.1. The number of halogens is 3. The third kappa shape index (κ3) is 4.59. The van der Waals surface area contributed by atoms with E-state index in [2.05, 4.69) is 5.10 Å². The predicted molar refractivity (Wildman–Crippen MR) is 53.1 cm³/mol. The van der Waals surface area contributed by atoms with Crippen molar-refractivity contribution in [2.75, 3.05) is 0 Å². The van der Waals surface area contributed by atoms with E-state index >= 15 is 0 Å². The largest absolute Gasteiger partial charge is 0.394 e. The molecule has 0 radical (unpaired) electrons. The van der Waals surface area contributed by atoms with Gasteiger partial charge in [0.1, 0.15) is 0 Å². The molecule has 1 N–H and O–H groups in total. The van der Waals surface area contributed by atoms with Crippen molar-refractivity contribution in [3.8, 4) is 0 Å². The average Bonchev–Trinajstić information content (AvgIpc) is 2.24. The van der Waals surface area contributed by atoms with Crippen molar-refractivity contribution in [1.29, 1.82) is 0 Å². The summed E-state index contributed by atoms with van der Waals surface area (Å²) in [4.78, 5) is 11.3. The third-order valence-corrected chi connectivity index (χ3v) is 1.62. The van der Waals surface area contributed by atoms with Crippen molar-refractivity contribution in [1.82, 2.24) is 5.43 Å². The summed E-state index contributed by atoms with van der Waals surface area (Å²) in [6, 6.07) is 8.09. The lowest BCUT2D eigenvalue weighted by Crippen LogP contribution is -2.18. The van der Waals surface area contributed by atoms with E-state index in [0.29, 0.717) is 11.8 Å². The molecule has 0 aliphatic carbocycles. The first-order valence-corrected chi connectivity index (χ1v) is 4.43. The van der Waals surface area contributed by atoms with Crippen LogP contribution in [0.3, 0.4) is 0 Å². The van der Waals surface area contributed by atoms with Crippen molar-refractivity contribution < 1.29 is 18.0 Å². The number of carbonyl (C=O) groups excluding carboxylic acids is 1. The Labute approximate surface area is 90.0 Å². The summed E-state index contributed by atoms with van der Waals surface area (Å²) in [5.74, 6) is -0.543. The number of carbonyl (C=O) groups is 1. The van der Waals surface area contributed by atoms with Gasteiger partial charge in [0, 0.05) is 11.8 Å². The van der Waals surface area contributed by atoms with Crippen LogP contribution in [0.15, 0.2) is 35.4 Å². The zero-order chi connectivity index (χ0) is 12.0. The minimum Gasteiger partial charge on any atom is -0.267 e. The van der Waals surface area contributed by atoms with Crippen molar-refractivity contribution in [2.45, 2.75) is 12.6 Å². The molecule has 0 saturated carbocycles. The summed E-state index contributed by atoms with van der Waals surface area (Å²) in [6.45, 7) is 0. The molecule has 16 heavy (non-hydrogen) atoms. The fraction of sp³-hybridized carbons (Fsp3) is 0.200. The van der Waals surface area contributed by atoms with Gasteiger partial charge in [-0.3, -0.25) is 4.79 Å². The lowest BCUT2D eigenvalue weighted by atomic mass is 10.2. The molecule has 0 saturated heterocycles. The molecule has 0 unspecified atom stereocenters. The van der Waals surface area contributed by atoms with E-state index in [1.807, 2.05) is 5.43 Å². The van der Waals surface area contributed by atoms with Gasteiger partial charge in [0.15, 0.2) is 0 Å². The zero-order valence-corrected chi connectivity index (χ0v) is 8.16. The van der Waals surface area contributed by atoms with E-state index in [1.54, 1.807) is 18.2 Å². The highest BCUT2D eigenvalue weighted by molar-refractivity contribution is 5.94. The van der Waals surface area contributed by atoms with E-state index < -0.39 is 18.5 Å². The molecular weight excluding hydrogens is 221 g/mol. The molecule has 0 atom stereocenters. The molecule has 0 aliphatic rings. The predicted octanol–water partition coefficient (Wildman–Crippen LogP) is 2.35. The Morgan fingerprint density at radius 3 is 2.50 bits per heavy atom. The Morgan fingerprint density at radius 2 is 1.94 bits per heavy atom. The van der Waals surface area contributed by atoms with Crippen LogP contribution in [0.4, 0.5) is 13.2 Å². The first-order chi connectivity index (χ1) is 7.49. The maximum atomic E-state index is 11.7. The van der Waals surface area contributed by atoms with E-state index in [0.717, 1.165) is 0 Å². The Morgan fingerprint density at radius 1 is 1.31 bits per heavy atom. The number of alkyl halides is 3. The average molecular weight is 230 g/mol. The highest BCUT2D eigenvalue weighted by Crippen LogP contribution is 2.17. The fourth-order valence-corrected chi connectivity index (χ4v) is 0.908. The van der Waals surface area contributed by atoms with Crippen LogP contribution in [0.25, 0.3) is 0 Å². The van der Waals surface area contributed by atoms with Gasteiger partial charge in [-0.25, -0.2) is 5.43 Å². The van der Waals surface area contributed by atoms with Gasteiger partial charge in [0.05, 0.1) is 6.42 Å². The smallest absolute Gasteiger partial charge is 0.267 e. The minimum atomic E-state index is -4.30. The molecule has 1 rings (SSSR count). The van der Waals surface area contributed by atoms with Gasteiger partial charge < -0.3 is 0 Å². The maximum absolute atomic E-state index is 11.7. The monoisotopic (exact) mass is 230 g/mol. The minimum absolute atomic E-state index is 0.339. The molecule has 0 heterocycles. The number of nitrogens with zero attached hydrogens (tertiary/aromatic N) is 1. The number of rotatable bonds is 3. The molecule has 3 nitrogen and oxygen atoms in total. The zero-order valence-electron chi connectivity index (χ0n) is 8.16. The van der Waals surface area contributed by atoms with Crippen LogP contribution in [0, 0.1) is 0 Å². The van der Waals surface area contributed by atoms with Gasteiger partial charge in [-0.2, -0.15) is 18.3 Å². The molecule has 1 aromatic rings. The summed E-state index contributed by atoms with van der Waals surface area (Å²) in [7, 11) is 0. The first-order valence-electron chi connectivity index (χ1n) is 4.43. The van der Waals surface area contributed by atoms with Crippen molar-refractivity contribution >= 4 is 12.1 Å². The molecule has 0 bridgehead atoms. The normalized spacial score (nSPS) is 11.7. The molecular formula is C10H9F3N2O. The van der Waals surface area contributed by atoms with E-state index in [9.17, 15) is 18.0 Å². The maximum Gasteiger partial charge on any atom is 0.394 e. The number of nitrogens with one attached hydrogen (secondary N) is 1. The lowest BCUT2D eigenvalue weighted by molar-refractivity contribution is -0.120. The van der Waals surface area contributed by atoms with Gasteiger partial charge >= 0.3 is 6.18 Å². The highest BCUT2D eigenvalue weighted by Gasteiger charge is 2.25. The second-order valence-electron chi connectivity index (χ2n) is 2.94. The van der Waals surface area contributed by atoms with Crippen LogP contribution in [0.5, 0.6) is 0 Å². The van der Waals surface area contributed by atoms with E-state index in [-0.39, 0.29) is 0 Å². The van der Waals surface area contributed by atoms with Crippen LogP contribution in [-0.4, -0.2) is 18.3 Å². The number of hydrazone groups is 1. The quantitative estimate of drug-likeness (QED) is 0.628. The van der Waals surface area contributed by atoms with Gasteiger partial charge in [0.2, 0.25) is 0 Å². The fourth-order valence-electron chi connectivity index (χ4n) is 0.908. The Balaban J connectivity index is 2.42. The van der Waals surface area contributed by atoms with Gasteiger partial charge in [0.25, 0.3) is 5.91 Å². The van der Waals surface area contributed by atoms with Gasteiger partial charge in [-0.1, -0.05) is 18.2 Å². The number of amides is 1. The second kappa shape index (κ2) is 5.29.